The third-order valence-electron chi connectivity index (χ3n) is 0.599. The first-order valence-corrected chi connectivity index (χ1v) is 3.91. The van der Waals surface area contributed by atoms with Crippen LogP contribution in [0.5, 0.6) is 0 Å². The zero-order chi connectivity index (χ0) is 7.49. The van der Waals surface area contributed by atoms with E-state index < -0.39 is 26.5 Å². The van der Waals surface area contributed by atoms with E-state index in [9.17, 15) is 19.7 Å². The van der Waals surface area contributed by atoms with Crippen LogP contribution in [0.4, 0.5) is 0 Å². The maximum absolute atomic E-state index is 9.83. The molecule has 6 nitrogen and oxygen atoms in total. The van der Waals surface area contributed by atoms with Crippen LogP contribution in [0, 0.1) is 0 Å². The number of carboxylic acid groups (broad SMARTS) is 1. The van der Waals surface area contributed by atoms with Crippen molar-refractivity contribution >= 4 is 13.9 Å². The smallest absolute Gasteiger partial charge is 0.0814 e. The van der Waals surface area contributed by atoms with Gasteiger partial charge in [-0.25, -0.2) is 0 Å². The minimum absolute atomic E-state index is 0. The SMILES string of the molecule is O.O=C([O-])CC[P+]([O-])([O-])O.[V]. The topological polar surface area (TPSA) is 138 Å². The summed E-state index contributed by atoms with van der Waals surface area (Å²) in [5, 5.41) is 9.56. The molecule has 0 aromatic carbocycles. The van der Waals surface area contributed by atoms with Crippen LogP contribution in [-0.4, -0.2) is 22.5 Å². The predicted octanol–water partition coefficient (Wildman–Crippen LogP) is -4.23. The molecule has 1 radical (unpaired) electrons. The number of hydrogen-bond donors (Lipinski definition) is 1. The third kappa shape index (κ3) is 17.9. The van der Waals surface area contributed by atoms with Gasteiger partial charge in [-0.15, -0.1) is 0 Å². The van der Waals surface area contributed by atoms with Gasteiger partial charge in [0, 0.05) is 38.9 Å². The molecule has 0 heterocycles. The summed E-state index contributed by atoms with van der Waals surface area (Å²) in [5.74, 6) is -1.49. The fourth-order valence-corrected chi connectivity index (χ4v) is 0.698. The van der Waals surface area contributed by atoms with Crippen LogP contribution in [0.2, 0.25) is 0 Å². The zero-order valence-corrected chi connectivity index (χ0v) is 7.68. The van der Waals surface area contributed by atoms with Gasteiger partial charge < -0.3 is 25.2 Å². The van der Waals surface area contributed by atoms with Crippen molar-refractivity contribution in [1.29, 1.82) is 0 Å². The van der Waals surface area contributed by atoms with Crippen molar-refractivity contribution in [2.75, 3.05) is 6.16 Å². The average Bonchev–Trinajstić information content (AvgIpc) is 1.59. The van der Waals surface area contributed by atoms with Gasteiger partial charge >= 0.3 is 0 Å². The van der Waals surface area contributed by atoms with Crippen LogP contribution in [0.1, 0.15) is 6.42 Å². The van der Waals surface area contributed by atoms with Gasteiger partial charge in [0.15, 0.2) is 0 Å². The second-order valence-electron chi connectivity index (χ2n) is 1.48. The summed E-state index contributed by atoms with van der Waals surface area (Å²) in [5.41, 5.74) is 0. The van der Waals surface area contributed by atoms with E-state index in [0.717, 1.165) is 0 Å². The Kier molecular flexibility index (Phi) is 11.1. The molecule has 0 aliphatic heterocycles. The molecule has 0 aliphatic carbocycles. The van der Waals surface area contributed by atoms with Crippen molar-refractivity contribution in [2.24, 2.45) is 0 Å². The molecule has 0 atom stereocenters. The molecule has 0 unspecified atom stereocenters. The fourth-order valence-electron chi connectivity index (χ4n) is 0.233. The van der Waals surface area contributed by atoms with Crippen molar-refractivity contribution in [3.63, 3.8) is 0 Å². The summed E-state index contributed by atoms with van der Waals surface area (Å²) in [6.07, 6.45) is -1.41. The molecular formula is C3H7O6PV-2. The molecule has 0 bridgehead atoms. The minimum atomic E-state index is -4.39. The van der Waals surface area contributed by atoms with Gasteiger partial charge in [-0.1, -0.05) is 0 Å². The van der Waals surface area contributed by atoms with Gasteiger partial charge in [0.05, 0.1) is 6.16 Å². The Hall–Kier alpha value is 0.324. The molecule has 0 aromatic rings. The Bertz CT molecular complexity index is 111. The van der Waals surface area contributed by atoms with Crippen molar-refractivity contribution in [3.05, 3.63) is 0 Å². The Balaban J connectivity index is -0.000000320. The fraction of sp³-hybridized carbons (Fsp3) is 0.667. The van der Waals surface area contributed by atoms with Crippen LogP contribution < -0.4 is 14.9 Å². The van der Waals surface area contributed by atoms with E-state index >= 15 is 0 Å². The first kappa shape index (κ1) is 17.4. The van der Waals surface area contributed by atoms with Crippen LogP contribution >= 0.6 is 7.94 Å². The number of carboxylic acids is 1. The van der Waals surface area contributed by atoms with Crippen molar-refractivity contribution in [2.45, 2.75) is 6.42 Å². The summed E-state index contributed by atoms with van der Waals surface area (Å²) in [7, 11) is -4.39. The van der Waals surface area contributed by atoms with E-state index in [-0.39, 0.29) is 24.0 Å². The third-order valence-corrected chi connectivity index (χ3v) is 1.39. The van der Waals surface area contributed by atoms with E-state index in [1.165, 1.54) is 0 Å². The normalized spacial score (nSPS) is 9.36. The Labute approximate surface area is 75.6 Å². The van der Waals surface area contributed by atoms with E-state index in [0.29, 0.717) is 0 Å². The maximum Gasteiger partial charge on any atom is 0.0814 e. The zero-order valence-electron chi connectivity index (χ0n) is 5.39. The molecular weight excluding hydrogens is 214 g/mol. The molecule has 0 aromatic heterocycles. The Morgan fingerprint density at radius 3 is 1.91 bits per heavy atom. The summed E-state index contributed by atoms with van der Waals surface area (Å²) in [6.45, 7) is 0. The van der Waals surface area contributed by atoms with Gasteiger partial charge in [0.2, 0.25) is 0 Å². The van der Waals surface area contributed by atoms with Crippen LogP contribution in [0.25, 0.3) is 0 Å². The summed E-state index contributed by atoms with van der Waals surface area (Å²) >= 11 is 0. The number of carbonyl (C=O) groups is 1. The maximum atomic E-state index is 9.83. The molecule has 67 valence electrons. The monoisotopic (exact) mass is 221 g/mol. The standard InChI is InChI=1S/C3H7O5P.H2O.V/c4-3(5)1-2-9(6,7)8;;/h1-2H2,(H,4,5)(H2,6,7,8);1H2;/p-2. The Morgan fingerprint density at radius 2 is 1.82 bits per heavy atom. The van der Waals surface area contributed by atoms with Gasteiger partial charge in [0.25, 0.3) is 0 Å². The van der Waals surface area contributed by atoms with Gasteiger partial charge in [-0.3, -0.25) is 4.89 Å². The van der Waals surface area contributed by atoms with E-state index in [2.05, 4.69) is 0 Å². The molecule has 3 N–H and O–H groups in total. The summed E-state index contributed by atoms with van der Waals surface area (Å²) in [4.78, 5) is 37.2. The molecule has 0 amide bonds. The molecule has 0 rings (SSSR count). The largest absolute Gasteiger partial charge is 0.660 e. The van der Waals surface area contributed by atoms with Crippen LogP contribution in [0.3, 0.4) is 0 Å². The first-order valence-electron chi connectivity index (χ1n) is 2.14. The molecule has 11 heavy (non-hydrogen) atoms. The molecule has 0 saturated carbocycles. The number of aliphatic carboxylic acids is 1. The van der Waals surface area contributed by atoms with Crippen molar-refractivity contribution in [1.82, 2.24) is 0 Å². The number of hydrogen-bond acceptors (Lipinski definition) is 5. The van der Waals surface area contributed by atoms with E-state index in [1.54, 1.807) is 0 Å². The Morgan fingerprint density at radius 1 is 1.45 bits per heavy atom. The molecule has 0 saturated heterocycles. The second-order valence-corrected chi connectivity index (χ2v) is 3.21. The van der Waals surface area contributed by atoms with Gasteiger partial charge in [-0.2, -0.15) is 0 Å². The van der Waals surface area contributed by atoms with E-state index in [1.807, 2.05) is 0 Å². The van der Waals surface area contributed by atoms with Crippen LogP contribution in [-0.2, 0) is 23.4 Å². The minimum Gasteiger partial charge on any atom is -0.660 e. The molecule has 0 fully saturated rings. The van der Waals surface area contributed by atoms with Crippen molar-refractivity contribution < 1.29 is 48.6 Å². The number of rotatable bonds is 3. The predicted molar refractivity (Wildman–Crippen MR) is 27.2 cm³/mol. The summed E-state index contributed by atoms with van der Waals surface area (Å²) < 4.78 is 0. The summed E-state index contributed by atoms with van der Waals surface area (Å²) in [6, 6.07) is 0. The van der Waals surface area contributed by atoms with Gasteiger partial charge in [-0.05, 0) is 0 Å². The molecule has 8 heteroatoms. The quantitative estimate of drug-likeness (QED) is 0.481. The molecule has 0 aliphatic rings. The van der Waals surface area contributed by atoms with E-state index in [4.69, 9.17) is 4.89 Å². The van der Waals surface area contributed by atoms with Gasteiger partial charge in [0.1, 0.15) is 0 Å². The first-order chi connectivity index (χ1) is 3.92. The van der Waals surface area contributed by atoms with Crippen molar-refractivity contribution in [3.8, 4) is 0 Å². The average molecular weight is 221 g/mol. The second kappa shape index (κ2) is 7.00. The number of carbonyl (C=O) groups excluding carboxylic acids is 1. The molecule has 0 spiro atoms. The van der Waals surface area contributed by atoms with Crippen LogP contribution in [0.15, 0.2) is 0 Å².